The average Bonchev–Trinajstić information content (AvgIpc) is 3.58. The number of morpholine rings is 1. The molecule has 1 N–H and O–H groups in total. The first-order valence-electron chi connectivity index (χ1n) is 14.0. The number of rotatable bonds is 12. The third-order valence-corrected chi connectivity index (χ3v) is 8.99. The minimum absolute atomic E-state index is 0.00701. The van der Waals surface area contributed by atoms with E-state index in [-0.39, 0.29) is 36.8 Å². The summed E-state index contributed by atoms with van der Waals surface area (Å²) in [4.78, 5) is 28.9. The number of carbonyl (C=O) groups excluding carboxylic acids is 2. The molecule has 230 valence electrons. The molecule has 0 aliphatic carbocycles. The van der Waals surface area contributed by atoms with Crippen molar-refractivity contribution in [2.75, 3.05) is 32.9 Å². The number of furan rings is 1. The normalized spacial score (nSPS) is 14.5. The fraction of sp³-hybridized carbons (Fsp3) is 0.250. The van der Waals surface area contributed by atoms with Crippen molar-refractivity contribution in [2.24, 2.45) is 0 Å². The number of hydrogen-bond acceptors (Lipinski definition) is 7. The van der Waals surface area contributed by atoms with E-state index in [0.29, 0.717) is 30.1 Å². The van der Waals surface area contributed by atoms with Crippen molar-refractivity contribution in [3.63, 3.8) is 0 Å². The van der Waals surface area contributed by atoms with Gasteiger partial charge in [-0.25, -0.2) is 12.8 Å². The lowest BCUT2D eigenvalue weighted by Crippen LogP contribution is -2.45. The van der Waals surface area contributed by atoms with Crippen molar-refractivity contribution < 1.29 is 36.3 Å². The van der Waals surface area contributed by atoms with Gasteiger partial charge < -0.3 is 24.1 Å². The van der Waals surface area contributed by atoms with Crippen LogP contribution in [0.2, 0.25) is 0 Å². The molecule has 5 rings (SSSR count). The molecule has 3 aromatic carbocycles. The number of ether oxygens (including phenoxy) is 2. The fourth-order valence-corrected chi connectivity index (χ4v) is 6.18. The molecule has 2 amide bonds. The fourth-order valence-electron chi connectivity index (χ4n) is 4.77. The summed E-state index contributed by atoms with van der Waals surface area (Å²) in [7, 11) is -3.69. The summed E-state index contributed by atoms with van der Waals surface area (Å²) in [6.07, 6.45) is 1.50. The molecule has 0 unspecified atom stereocenters. The molecule has 12 heteroatoms. The summed E-state index contributed by atoms with van der Waals surface area (Å²) in [6.45, 7) is 0.888. The molecule has 0 spiro atoms. The van der Waals surface area contributed by atoms with E-state index in [2.05, 4.69) is 5.32 Å². The third kappa shape index (κ3) is 7.70. The standard InChI is InChI=1S/C32H32FN3O7S/c33-26-10-8-24(9-11-26)22-36(31(25-5-2-1-3-6-25)32(38)34-21-28-7-4-18-42-28)30(37)23-43-27-12-14-29(15-13-27)44(39,40)35-16-19-41-20-17-35/h1-15,18,31H,16-17,19-23H2,(H,34,38)/t31-/m0/s1. The van der Waals surface area contributed by atoms with Gasteiger partial charge in [0.2, 0.25) is 15.9 Å². The van der Waals surface area contributed by atoms with Gasteiger partial charge in [-0.1, -0.05) is 42.5 Å². The largest absolute Gasteiger partial charge is 0.484 e. The van der Waals surface area contributed by atoms with E-state index in [1.807, 2.05) is 0 Å². The molecule has 44 heavy (non-hydrogen) atoms. The molecule has 0 radical (unpaired) electrons. The highest BCUT2D eigenvalue weighted by Crippen LogP contribution is 2.26. The number of benzene rings is 3. The Hall–Kier alpha value is -4.52. The predicted octanol–water partition coefficient (Wildman–Crippen LogP) is 3.90. The van der Waals surface area contributed by atoms with Crippen molar-refractivity contribution in [2.45, 2.75) is 24.0 Å². The molecule has 0 bridgehead atoms. The predicted molar refractivity (Wildman–Crippen MR) is 158 cm³/mol. The molecule has 2 heterocycles. The van der Waals surface area contributed by atoms with Gasteiger partial charge in [0.1, 0.15) is 23.4 Å². The van der Waals surface area contributed by atoms with Crippen molar-refractivity contribution in [3.05, 3.63) is 120 Å². The van der Waals surface area contributed by atoms with Crippen molar-refractivity contribution in [1.82, 2.24) is 14.5 Å². The van der Waals surface area contributed by atoms with Crippen LogP contribution < -0.4 is 10.1 Å². The zero-order valence-electron chi connectivity index (χ0n) is 23.8. The van der Waals surface area contributed by atoms with Gasteiger partial charge in [-0.05, 0) is 59.7 Å². The number of amides is 2. The molecular weight excluding hydrogens is 589 g/mol. The SMILES string of the molecule is O=C(NCc1ccco1)[C@H](c1ccccc1)N(Cc1ccc(F)cc1)C(=O)COc1ccc(S(=O)(=O)N2CCOCC2)cc1. The molecule has 1 aromatic heterocycles. The maximum absolute atomic E-state index is 13.8. The van der Waals surface area contributed by atoms with E-state index in [4.69, 9.17) is 13.9 Å². The molecule has 1 saturated heterocycles. The summed E-state index contributed by atoms with van der Waals surface area (Å²) in [6, 6.07) is 22.7. The molecule has 1 atom stereocenters. The van der Waals surface area contributed by atoms with Gasteiger partial charge in [0, 0.05) is 19.6 Å². The molecule has 1 aliphatic rings. The summed E-state index contributed by atoms with van der Waals surface area (Å²) >= 11 is 0. The number of halogens is 1. The van der Waals surface area contributed by atoms with Gasteiger partial charge in [-0.15, -0.1) is 0 Å². The van der Waals surface area contributed by atoms with E-state index >= 15 is 0 Å². The Bertz CT molecular complexity index is 1630. The van der Waals surface area contributed by atoms with E-state index in [9.17, 15) is 22.4 Å². The Morgan fingerprint density at radius 1 is 0.932 bits per heavy atom. The topological polar surface area (TPSA) is 118 Å². The van der Waals surface area contributed by atoms with Crippen LogP contribution in [-0.2, 0) is 37.4 Å². The Balaban J connectivity index is 1.36. The van der Waals surface area contributed by atoms with Crippen LogP contribution in [-0.4, -0.2) is 62.3 Å². The second kappa shape index (κ2) is 14.3. The molecule has 10 nitrogen and oxygen atoms in total. The first kappa shape index (κ1) is 30.9. The van der Waals surface area contributed by atoms with Crippen LogP contribution >= 0.6 is 0 Å². The lowest BCUT2D eigenvalue weighted by molar-refractivity contribution is -0.143. The monoisotopic (exact) mass is 621 g/mol. The van der Waals surface area contributed by atoms with Gasteiger partial charge in [0.05, 0.1) is 30.9 Å². The summed E-state index contributed by atoms with van der Waals surface area (Å²) in [5.41, 5.74) is 1.18. The van der Waals surface area contributed by atoms with E-state index in [0.717, 1.165) is 0 Å². The highest BCUT2D eigenvalue weighted by atomic mass is 32.2. The maximum atomic E-state index is 13.8. The van der Waals surface area contributed by atoms with Gasteiger partial charge in [0.15, 0.2) is 6.61 Å². The van der Waals surface area contributed by atoms with Gasteiger partial charge in [-0.2, -0.15) is 4.31 Å². The van der Waals surface area contributed by atoms with Gasteiger partial charge >= 0.3 is 0 Å². The smallest absolute Gasteiger partial charge is 0.261 e. The minimum Gasteiger partial charge on any atom is -0.484 e. The Morgan fingerprint density at radius 2 is 1.64 bits per heavy atom. The Labute approximate surface area is 255 Å². The summed E-state index contributed by atoms with van der Waals surface area (Å²) in [5.74, 6) is -0.560. The van der Waals surface area contributed by atoms with E-state index < -0.39 is 40.3 Å². The van der Waals surface area contributed by atoms with Crippen LogP contribution in [0.25, 0.3) is 0 Å². The number of nitrogens with zero attached hydrogens (tertiary/aromatic N) is 2. The second-order valence-electron chi connectivity index (χ2n) is 10.0. The van der Waals surface area contributed by atoms with E-state index in [1.165, 1.54) is 51.9 Å². The van der Waals surface area contributed by atoms with Crippen LogP contribution in [0.1, 0.15) is 22.9 Å². The second-order valence-corrected chi connectivity index (χ2v) is 12.0. The van der Waals surface area contributed by atoms with Crippen molar-refractivity contribution >= 4 is 21.8 Å². The van der Waals surface area contributed by atoms with Gasteiger partial charge in [0.25, 0.3) is 5.91 Å². The number of sulfonamides is 1. The first-order valence-corrected chi connectivity index (χ1v) is 15.4. The number of carbonyl (C=O) groups is 2. The number of nitrogens with one attached hydrogen (secondary N) is 1. The first-order chi connectivity index (χ1) is 21.3. The molecular formula is C32H32FN3O7S. The van der Waals surface area contributed by atoms with Crippen LogP contribution in [0.4, 0.5) is 4.39 Å². The van der Waals surface area contributed by atoms with Crippen LogP contribution in [0, 0.1) is 5.82 Å². The maximum Gasteiger partial charge on any atom is 0.261 e. The average molecular weight is 622 g/mol. The molecule has 1 aliphatic heterocycles. The highest BCUT2D eigenvalue weighted by Gasteiger charge is 2.32. The summed E-state index contributed by atoms with van der Waals surface area (Å²) < 4.78 is 57.3. The van der Waals surface area contributed by atoms with Crippen LogP contribution in [0.3, 0.4) is 0 Å². The third-order valence-electron chi connectivity index (χ3n) is 7.07. The minimum atomic E-state index is -3.69. The quantitative estimate of drug-likeness (QED) is 0.255. The molecule has 0 saturated carbocycles. The van der Waals surface area contributed by atoms with E-state index in [1.54, 1.807) is 54.6 Å². The molecule has 4 aromatic rings. The highest BCUT2D eigenvalue weighted by molar-refractivity contribution is 7.89. The van der Waals surface area contributed by atoms with Crippen LogP contribution in [0.5, 0.6) is 5.75 Å². The van der Waals surface area contributed by atoms with Crippen molar-refractivity contribution in [1.29, 1.82) is 0 Å². The Morgan fingerprint density at radius 3 is 2.30 bits per heavy atom. The van der Waals surface area contributed by atoms with Crippen molar-refractivity contribution in [3.8, 4) is 5.75 Å². The zero-order valence-corrected chi connectivity index (χ0v) is 24.6. The Kier molecular flexibility index (Phi) is 10.1. The van der Waals surface area contributed by atoms with Gasteiger partial charge in [-0.3, -0.25) is 9.59 Å². The lowest BCUT2D eigenvalue weighted by Gasteiger charge is -2.31. The number of hydrogen-bond donors (Lipinski definition) is 1. The molecule has 1 fully saturated rings. The summed E-state index contributed by atoms with van der Waals surface area (Å²) in [5, 5.41) is 2.84. The van der Waals surface area contributed by atoms with Crippen LogP contribution in [0.15, 0.2) is 107 Å². The lowest BCUT2D eigenvalue weighted by atomic mass is 10.0. The zero-order chi connectivity index (χ0) is 30.9.